The first-order valence-electron chi connectivity index (χ1n) is 4.83. The molecule has 0 spiro atoms. The van der Waals surface area contributed by atoms with Crippen LogP contribution < -0.4 is 5.73 Å². The normalized spacial score (nSPS) is 21.4. The predicted molar refractivity (Wildman–Crippen MR) is 54.0 cm³/mol. The fourth-order valence-corrected chi connectivity index (χ4v) is 1.62. The Bertz CT molecular complexity index is 230. The molecule has 0 saturated carbocycles. The van der Waals surface area contributed by atoms with Crippen molar-refractivity contribution in [1.29, 1.82) is 0 Å². The summed E-state index contributed by atoms with van der Waals surface area (Å²) in [4.78, 5) is 10.5. The van der Waals surface area contributed by atoms with Crippen LogP contribution in [0.5, 0.6) is 0 Å². The van der Waals surface area contributed by atoms with Crippen molar-refractivity contribution in [2.24, 2.45) is 11.7 Å². The third-order valence-electron chi connectivity index (χ3n) is 2.47. The quantitative estimate of drug-likeness (QED) is 0.660. The molecule has 0 aromatic heterocycles. The van der Waals surface area contributed by atoms with Gasteiger partial charge in [0.15, 0.2) is 0 Å². The van der Waals surface area contributed by atoms with Gasteiger partial charge in [0.25, 0.3) is 0 Å². The Morgan fingerprint density at radius 3 is 2.85 bits per heavy atom. The Hall–Kier alpha value is -1.05. The van der Waals surface area contributed by atoms with E-state index in [1.165, 1.54) is 19.3 Å². The number of hydrogen-bond donors (Lipinski definition) is 1. The molecule has 1 aliphatic carbocycles. The van der Waals surface area contributed by atoms with E-state index in [0.29, 0.717) is 12.3 Å². The van der Waals surface area contributed by atoms with Crippen molar-refractivity contribution in [2.45, 2.75) is 32.1 Å². The molecule has 2 nitrogen and oxygen atoms in total. The van der Waals surface area contributed by atoms with Crippen LogP contribution in [-0.4, -0.2) is 5.91 Å². The van der Waals surface area contributed by atoms with Gasteiger partial charge in [0, 0.05) is 6.42 Å². The molecule has 13 heavy (non-hydrogen) atoms. The summed E-state index contributed by atoms with van der Waals surface area (Å²) < 4.78 is 0. The Balaban J connectivity index is 2.34. The van der Waals surface area contributed by atoms with Gasteiger partial charge in [-0.3, -0.25) is 4.79 Å². The van der Waals surface area contributed by atoms with E-state index in [4.69, 9.17) is 5.73 Å². The lowest BCUT2D eigenvalue weighted by Gasteiger charge is -2.18. The van der Waals surface area contributed by atoms with Crippen molar-refractivity contribution in [3.8, 4) is 0 Å². The first-order valence-corrected chi connectivity index (χ1v) is 4.83. The lowest BCUT2D eigenvalue weighted by molar-refractivity contribution is -0.118. The summed E-state index contributed by atoms with van der Waals surface area (Å²) in [6.07, 6.45) is 9.16. The third-order valence-corrected chi connectivity index (χ3v) is 2.47. The minimum atomic E-state index is -0.235. The van der Waals surface area contributed by atoms with Gasteiger partial charge in [0.05, 0.1) is 0 Å². The number of allylic oxidation sites excluding steroid dienone is 3. The van der Waals surface area contributed by atoms with Crippen LogP contribution in [0.3, 0.4) is 0 Å². The highest BCUT2D eigenvalue weighted by Gasteiger charge is 2.11. The SMILES string of the molecule is C=C(CCC(N)=O)[C@H]1C=CCCC1. The molecular weight excluding hydrogens is 162 g/mol. The lowest BCUT2D eigenvalue weighted by atomic mass is 9.88. The summed E-state index contributed by atoms with van der Waals surface area (Å²) in [7, 11) is 0. The second-order valence-electron chi connectivity index (χ2n) is 3.59. The average molecular weight is 179 g/mol. The molecule has 0 saturated heterocycles. The fraction of sp³-hybridized carbons (Fsp3) is 0.545. The Morgan fingerprint density at radius 1 is 1.54 bits per heavy atom. The summed E-state index contributed by atoms with van der Waals surface area (Å²) in [5.74, 6) is 0.244. The molecule has 1 amide bonds. The molecule has 72 valence electrons. The van der Waals surface area contributed by atoms with Crippen LogP contribution in [0, 0.1) is 5.92 Å². The minimum Gasteiger partial charge on any atom is -0.370 e. The van der Waals surface area contributed by atoms with E-state index in [2.05, 4.69) is 18.7 Å². The van der Waals surface area contributed by atoms with Crippen molar-refractivity contribution >= 4 is 5.91 Å². The van der Waals surface area contributed by atoms with Crippen LogP contribution in [0.2, 0.25) is 0 Å². The van der Waals surface area contributed by atoms with E-state index in [1.807, 2.05) is 0 Å². The Morgan fingerprint density at radius 2 is 2.31 bits per heavy atom. The van der Waals surface area contributed by atoms with Crippen LogP contribution >= 0.6 is 0 Å². The minimum absolute atomic E-state index is 0.235. The average Bonchev–Trinajstić information content (AvgIpc) is 2.15. The maximum absolute atomic E-state index is 10.5. The number of hydrogen-bond acceptors (Lipinski definition) is 1. The van der Waals surface area contributed by atoms with Gasteiger partial charge >= 0.3 is 0 Å². The topological polar surface area (TPSA) is 43.1 Å². The molecule has 0 aromatic rings. The molecule has 1 atom stereocenters. The number of carbonyl (C=O) groups excluding carboxylic acids is 1. The molecular formula is C11H17NO. The van der Waals surface area contributed by atoms with E-state index >= 15 is 0 Å². The number of primary amides is 1. The third kappa shape index (κ3) is 3.45. The first kappa shape index (κ1) is 10.0. The smallest absolute Gasteiger partial charge is 0.217 e. The van der Waals surface area contributed by atoms with Crippen molar-refractivity contribution in [2.75, 3.05) is 0 Å². The first-order chi connectivity index (χ1) is 6.20. The number of carbonyl (C=O) groups is 1. The predicted octanol–water partition coefficient (Wildman–Crippen LogP) is 2.16. The summed E-state index contributed by atoms with van der Waals surface area (Å²) in [6.45, 7) is 3.99. The number of amides is 1. The van der Waals surface area contributed by atoms with E-state index in [0.717, 1.165) is 12.0 Å². The molecule has 0 fully saturated rings. The van der Waals surface area contributed by atoms with Gasteiger partial charge < -0.3 is 5.73 Å². The lowest BCUT2D eigenvalue weighted by Crippen LogP contribution is -2.12. The Labute approximate surface area is 79.5 Å². The van der Waals surface area contributed by atoms with Gasteiger partial charge in [0.1, 0.15) is 0 Å². The van der Waals surface area contributed by atoms with E-state index in [1.54, 1.807) is 0 Å². The van der Waals surface area contributed by atoms with Crippen molar-refractivity contribution < 1.29 is 4.79 Å². The summed E-state index contributed by atoms with van der Waals surface area (Å²) in [5, 5.41) is 0. The van der Waals surface area contributed by atoms with Crippen molar-refractivity contribution in [1.82, 2.24) is 0 Å². The van der Waals surface area contributed by atoms with Crippen molar-refractivity contribution in [3.63, 3.8) is 0 Å². The summed E-state index contributed by atoms with van der Waals surface area (Å²) >= 11 is 0. The Kier molecular flexibility index (Phi) is 3.74. The van der Waals surface area contributed by atoms with Crippen LogP contribution in [-0.2, 0) is 4.79 Å². The molecule has 1 aliphatic rings. The highest BCUT2D eigenvalue weighted by Crippen LogP contribution is 2.25. The molecule has 0 heterocycles. The van der Waals surface area contributed by atoms with Gasteiger partial charge in [-0.15, -0.1) is 0 Å². The number of rotatable bonds is 4. The second-order valence-corrected chi connectivity index (χ2v) is 3.59. The van der Waals surface area contributed by atoms with Gasteiger partial charge in [-0.2, -0.15) is 0 Å². The molecule has 2 heteroatoms. The summed E-state index contributed by atoms with van der Waals surface area (Å²) in [6, 6.07) is 0. The fourth-order valence-electron chi connectivity index (χ4n) is 1.62. The van der Waals surface area contributed by atoms with Gasteiger partial charge in [0.2, 0.25) is 5.91 Å². The largest absolute Gasteiger partial charge is 0.370 e. The van der Waals surface area contributed by atoms with Gasteiger partial charge in [-0.1, -0.05) is 24.3 Å². The van der Waals surface area contributed by atoms with E-state index < -0.39 is 0 Å². The number of nitrogens with two attached hydrogens (primary N) is 1. The van der Waals surface area contributed by atoms with Crippen molar-refractivity contribution in [3.05, 3.63) is 24.3 Å². The van der Waals surface area contributed by atoms with Crippen LogP contribution in [0.1, 0.15) is 32.1 Å². The molecule has 0 aliphatic heterocycles. The molecule has 0 unspecified atom stereocenters. The molecule has 0 radical (unpaired) electrons. The highest BCUT2D eigenvalue weighted by molar-refractivity contribution is 5.73. The van der Waals surface area contributed by atoms with E-state index in [-0.39, 0.29) is 5.91 Å². The molecule has 2 N–H and O–H groups in total. The van der Waals surface area contributed by atoms with Crippen LogP contribution in [0.25, 0.3) is 0 Å². The molecule has 1 rings (SSSR count). The van der Waals surface area contributed by atoms with E-state index in [9.17, 15) is 4.79 Å². The van der Waals surface area contributed by atoms with Crippen LogP contribution in [0.15, 0.2) is 24.3 Å². The zero-order valence-electron chi connectivity index (χ0n) is 7.96. The van der Waals surface area contributed by atoms with Gasteiger partial charge in [-0.25, -0.2) is 0 Å². The second kappa shape index (κ2) is 4.85. The maximum atomic E-state index is 10.5. The van der Waals surface area contributed by atoms with Crippen LogP contribution in [0.4, 0.5) is 0 Å². The zero-order valence-corrected chi connectivity index (χ0v) is 7.96. The maximum Gasteiger partial charge on any atom is 0.217 e. The summed E-state index contributed by atoms with van der Waals surface area (Å²) in [5.41, 5.74) is 6.22. The van der Waals surface area contributed by atoms with Gasteiger partial charge in [-0.05, 0) is 31.6 Å². The highest BCUT2D eigenvalue weighted by atomic mass is 16.1. The zero-order chi connectivity index (χ0) is 9.68. The standard InChI is InChI=1S/C11H17NO/c1-9(7-8-11(12)13)10-5-3-2-4-6-10/h3,5,10H,1-2,4,6-8H2,(H2,12,13)/t10-/m0/s1. The molecule has 0 aromatic carbocycles. The monoisotopic (exact) mass is 179 g/mol. The molecule has 0 bridgehead atoms.